The van der Waals surface area contributed by atoms with Gasteiger partial charge < -0.3 is 16.2 Å². The first-order chi connectivity index (χ1) is 8.92. The molecule has 4 N–H and O–H groups in total. The molecule has 1 amide bonds. The Labute approximate surface area is 112 Å². The van der Waals surface area contributed by atoms with E-state index in [1.807, 2.05) is 6.92 Å². The van der Waals surface area contributed by atoms with E-state index >= 15 is 0 Å². The van der Waals surface area contributed by atoms with Gasteiger partial charge in [-0.15, -0.1) is 0 Å². The first-order valence-corrected chi connectivity index (χ1v) is 6.21. The largest absolute Gasteiger partial charge is 0.478 e. The van der Waals surface area contributed by atoms with E-state index in [0.717, 1.165) is 12.1 Å². The lowest BCUT2D eigenvalue weighted by atomic mass is 10.1. The molecule has 1 aromatic rings. The number of aromatic nitrogens is 1. The first-order valence-electron chi connectivity index (χ1n) is 6.21. The van der Waals surface area contributed by atoms with E-state index in [1.54, 1.807) is 13.0 Å². The van der Waals surface area contributed by atoms with E-state index in [9.17, 15) is 9.59 Å². The summed E-state index contributed by atoms with van der Waals surface area (Å²) in [6, 6.07) is 2.83. The number of rotatable bonds is 7. The summed E-state index contributed by atoms with van der Waals surface area (Å²) in [7, 11) is 0. The molecule has 19 heavy (non-hydrogen) atoms. The Bertz CT molecular complexity index is 474. The Kier molecular flexibility index (Phi) is 5.29. The molecule has 0 saturated heterocycles. The van der Waals surface area contributed by atoms with Crippen molar-refractivity contribution in [2.75, 3.05) is 5.32 Å². The van der Waals surface area contributed by atoms with Crippen LogP contribution in [0, 0.1) is 0 Å². The zero-order valence-corrected chi connectivity index (χ0v) is 11.1. The van der Waals surface area contributed by atoms with E-state index in [1.165, 1.54) is 6.07 Å². The van der Waals surface area contributed by atoms with Crippen molar-refractivity contribution in [3.63, 3.8) is 0 Å². The highest BCUT2D eigenvalue weighted by molar-refractivity contribution is 5.88. The molecule has 0 spiro atoms. The zero-order chi connectivity index (χ0) is 14.4. The van der Waals surface area contributed by atoms with Crippen molar-refractivity contribution >= 4 is 17.7 Å². The molecule has 6 heteroatoms. The number of anilines is 1. The average Bonchev–Trinajstić information content (AvgIpc) is 2.27. The lowest BCUT2D eigenvalue weighted by Gasteiger charge is -2.14. The molecule has 6 nitrogen and oxygen atoms in total. The fourth-order valence-corrected chi connectivity index (χ4v) is 1.77. The molecular formula is C13H19N3O3. The number of carbonyl (C=O) groups is 2. The molecule has 0 aliphatic carbocycles. The first kappa shape index (κ1) is 14.9. The van der Waals surface area contributed by atoms with E-state index in [4.69, 9.17) is 10.8 Å². The van der Waals surface area contributed by atoms with E-state index < -0.39 is 11.9 Å². The minimum Gasteiger partial charge on any atom is -0.478 e. The molecule has 0 fully saturated rings. The summed E-state index contributed by atoms with van der Waals surface area (Å²) in [6.45, 7) is 3.79. The van der Waals surface area contributed by atoms with Crippen LogP contribution in [0.5, 0.6) is 0 Å². The number of hydrogen-bond acceptors (Lipinski definition) is 4. The van der Waals surface area contributed by atoms with Gasteiger partial charge >= 0.3 is 5.97 Å². The molecule has 1 atom stereocenters. The second kappa shape index (κ2) is 6.72. The maximum absolute atomic E-state index is 11.0. The van der Waals surface area contributed by atoms with E-state index in [-0.39, 0.29) is 18.0 Å². The lowest BCUT2D eigenvalue weighted by Crippen LogP contribution is -2.24. The molecule has 1 unspecified atom stereocenters. The molecular weight excluding hydrogens is 246 g/mol. The van der Waals surface area contributed by atoms with Gasteiger partial charge in [0.1, 0.15) is 5.82 Å². The monoisotopic (exact) mass is 265 g/mol. The number of primary amides is 1. The predicted octanol–water partition coefficient (Wildman–Crippen LogP) is 1.41. The number of nitrogens with two attached hydrogens (primary N) is 1. The minimum atomic E-state index is -0.995. The Morgan fingerprint density at radius 1 is 1.47 bits per heavy atom. The van der Waals surface area contributed by atoms with Crippen LogP contribution in [0.3, 0.4) is 0 Å². The van der Waals surface area contributed by atoms with Gasteiger partial charge in [0.15, 0.2) is 0 Å². The van der Waals surface area contributed by atoms with Crippen molar-refractivity contribution in [3.05, 3.63) is 23.4 Å². The third-order valence-electron chi connectivity index (χ3n) is 2.53. The minimum absolute atomic E-state index is 0.169. The number of carboxylic acids is 1. The standard InChI is InChI=1S/C13H19N3O3/c1-3-4-10-6-9(13(18)19)7-12(16-10)15-8(2)5-11(14)17/h6-8H,3-5H2,1-2H3,(H2,14,17)(H,15,16)(H,18,19). The fourth-order valence-electron chi connectivity index (χ4n) is 1.77. The van der Waals surface area contributed by atoms with Crippen molar-refractivity contribution in [1.82, 2.24) is 4.98 Å². The van der Waals surface area contributed by atoms with Gasteiger partial charge in [-0.3, -0.25) is 4.79 Å². The van der Waals surface area contributed by atoms with Crippen LogP contribution in [0.15, 0.2) is 12.1 Å². The third-order valence-corrected chi connectivity index (χ3v) is 2.53. The van der Waals surface area contributed by atoms with Crippen molar-refractivity contribution in [1.29, 1.82) is 0 Å². The van der Waals surface area contributed by atoms with Gasteiger partial charge in [-0.1, -0.05) is 13.3 Å². The predicted molar refractivity (Wildman–Crippen MR) is 72.1 cm³/mol. The second-order valence-electron chi connectivity index (χ2n) is 4.50. The molecule has 0 bridgehead atoms. The molecule has 0 aromatic carbocycles. The van der Waals surface area contributed by atoms with Gasteiger partial charge in [-0.2, -0.15) is 0 Å². The van der Waals surface area contributed by atoms with Crippen molar-refractivity contribution in [3.8, 4) is 0 Å². The Hall–Kier alpha value is -2.11. The average molecular weight is 265 g/mol. The van der Waals surface area contributed by atoms with Gasteiger partial charge in [0.05, 0.1) is 5.56 Å². The summed E-state index contributed by atoms with van der Waals surface area (Å²) in [4.78, 5) is 26.2. The molecule has 1 rings (SSSR count). The highest BCUT2D eigenvalue weighted by Gasteiger charge is 2.11. The van der Waals surface area contributed by atoms with E-state index in [0.29, 0.717) is 12.2 Å². The van der Waals surface area contributed by atoms with Crippen LogP contribution in [-0.4, -0.2) is 28.0 Å². The highest BCUT2D eigenvalue weighted by atomic mass is 16.4. The van der Waals surface area contributed by atoms with Crippen LogP contribution in [-0.2, 0) is 11.2 Å². The molecule has 104 valence electrons. The van der Waals surface area contributed by atoms with Gasteiger partial charge in [0.2, 0.25) is 5.91 Å². The number of aryl methyl sites for hydroxylation is 1. The van der Waals surface area contributed by atoms with Gasteiger partial charge in [-0.25, -0.2) is 9.78 Å². The highest BCUT2D eigenvalue weighted by Crippen LogP contribution is 2.14. The summed E-state index contributed by atoms with van der Waals surface area (Å²) in [5.41, 5.74) is 6.02. The summed E-state index contributed by atoms with van der Waals surface area (Å²) in [5.74, 6) is -0.953. The van der Waals surface area contributed by atoms with Crippen LogP contribution in [0.4, 0.5) is 5.82 Å². The van der Waals surface area contributed by atoms with Crippen molar-refractivity contribution in [2.45, 2.75) is 39.2 Å². The fraction of sp³-hybridized carbons (Fsp3) is 0.462. The number of nitrogens with zero attached hydrogens (tertiary/aromatic N) is 1. The van der Waals surface area contributed by atoms with Crippen molar-refractivity contribution < 1.29 is 14.7 Å². The van der Waals surface area contributed by atoms with Crippen LogP contribution in [0.2, 0.25) is 0 Å². The summed E-state index contributed by atoms with van der Waals surface area (Å²) < 4.78 is 0. The Balaban J connectivity index is 2.92. The van der Waals surface area contributed by atoms with Crippen LogP contribution >= 0.6 is 0 Å². The number of amides is 1. The second-order valence-corrected chi connectivity index (χ2v) is 4.50. The third kappa shape index (κ3) is 4.95. The number of hydrogen-bond donors (Lipinski definition) is 3. The molecule has 0 saturated carbocycles. The Morgan fingerprint density at radius 2 is 2.16 bits per heavy atom. The maximum atomic E-state index is 11.0. The molecule has 1 heterocycles. The van der Waals surface area contributed by atoms with Gasteiger partial charge in [0.25, 0.3) is 0 Å². The van der Waals surface area contributed by atoms with Crippen LogP contribution in [0.1, 0.15) is 42.7 Å². The van der Waals surface area contributed by atoms with Crippen LogP contribution < -0.4 is 11.1 Å². The maximum Gasteiger partial charge on any atom is 0.335 e. The normalized spacial score (nSPS) is 11.9. The SMILES string of the molecule is CCCc1cc(C(=O)O)cc(NC(C)CC(N)=O)n1. The quantitative estimate of drug-likeness (QED) is 0.691. The summed E-state index contributed by atoms with van der Waals surface area (Å²) in [6.07, 6.45) is 1.76. The van der Waals surface area contributed by atoms with Gasteiger partial charge in [-0.05, 0) is 25.5 Å². The smallest absolute Gasteiger partial charge is 0.335 e. The Morgan fingerprint density at radius 3 is 2.68 bits per heavy atom. The zero-order valence-electron chi connectivity index (χ0n) is 11.1. The topological polar surface area (TPSA) is 105 Å². The summed E-state index contributed by atoms with van der Waals surface area (Å²) >= 11 is 0. The number of carbonyl (C=O) groups excluding carboxylic acids is 1. The number of nitrogens with one attached hydrogen (secondary N) is 1. The molecule has 1 aromatic heterocycles. The van der Waals surface area contributed by atoms with Gasteiger partial charge in [0, 0.05) is 18.2 Å². The number of pyridine rings is 1. The van der Waals surface area contributed by atoms with Crippen LogP contribution in [0.25, 0.3) is 0 Å². The molecule has 0 aliphatic rings. The number of aromatic carboxylic acids is 1. The molecule has 0 radical (unpaired) electrons. The van der Waals surface area contributed by atoms with Crippen molar-refractivity contribution in [2.24, 2.45) is 5.73 Å². The summed E-state index contributed by atoms with van der Waals surface area (Å²) in [5, 5.41) is 12.0. The molecule has 0 aliphatic heterocycles. The number of carboxylic acid groups (broad SMARTS) is 1. The lowest BCUT2D eigenvalue weighted by molar-refractivity contribution is -0.118. The van der Waals surface area contributed by atoms with E-state index in [2.05, 4.69) is 10.3 Å².